The monoisotopic (exact) mass is 298 g/mol. The van der Waals surface area contributed by atoms with Crippen LogP contribution >= 0.6 is 0 Å². The van der Waals surface area contributed by atoms with Crippen molar-refractivity contribution in [2.45, 2.75) is 65.8 Å². The molecule has 1 aliphatic rings. The number of aliphatic carboxylic acids is 1. The summed E-state index contributed by atoms with van der Waals surface area (Å²) in [7, 11) is 0. The second-order valence-electron chi connectivity index (χ2n) is 7.09. The van der Waals surface area contributed by atoms with Crippen molar-refractivity contribution in [1.82, 2.24) is 10.2 Å². The Morgan fingerprint density at radius 1 is 1.29 bits per heavy atom. The average molecular weight is 298 g/mol. The molecule has 0 saturated carbocycles. The van der Waals surface area contributed by atoms with Crippen molar-refractivity contribution in [2.24, 2.45) is 11.3 Å². The maximum Gasteiger partial charge on any atom is 0.317 e. The average Bonchev–Trinajstić information content (AvgIpc) is 2.39. The highest BCUT2D eigenvalue weighted by molar-refractivity contribution is 5.74. The fraction of sp³-hybridized carbons (Fsp3) is 0.875. The van der Waals surface area contributed by atoms with Crippen LogP contribution in [0.4, 0.5) is 4.79 Å². The van der Waals surface area contributed by atoms with E-state index < -0.39 is 5.97 Å². The van der Waals surface area contributed by atoms with Crippen LogP contribution in [-0.2, 0) is 4.79 Å². The summed E-state index contributed by atoms with van der Waals surface area (Å²) in [6, 6.07) is 0.307. The summed E-state index contributed by atoms with van der Waals surface area (Å²) in [6.45, 7) is 9.84. The largest absolute Gasteiger partial charge is 0.481 e. The molecule has 2 atom stereocenters. The van der Waals surface area contributed by atoms with Crippen molar-refractivity contribution in [3.05, 3.63) is 0 Å². The van der Waals surface area contributed by atoms with Gasteiger partial charge in [-0.05, 0) is 43.9 Å². The first-order valence-corrected chi connectivity index (χ1v) is 7.99. The molecule has 1 aliphatic heterocycles. The first-order valence-electron chi connectivity index (χ1n) is 7.99. The third kappa shape index (κ3) is 5.94. The first kappa shape index (κ1) is 17.8. The minimum absolute atomic E-state index is 0.0167. The summed E-state index contributed by atoms with van der Waals surface area (Å²) >= 11 is 0. The van der Waals surface area contributed by atoms with E-state index in [1.807, 2.05) is 18.7 Å². The van der Waals surface area contributed by atoms with Crippen LogP contribution in [0.15, 0.2) is 0 Å². The van der Waals surface area contributed by atoms with Crippen LogP contribution in [0.25, 0.3) is 0 Å². The number of amides is 2. The van der Waals surface area contributed by atoms with Gasteiger partial charge in [0.2, 0.25) is 0 Å². The lowest BCUT2D eigenvalue weighted by molar-refractivity contribution is -0.137. The minimum atomic E-state index is -0.761. The lowest BCUT2D eigenvalue weighted by Gasteiger charge is -2.38. The Balaban J connectivity index is 2.34. The van der Waals surface area contributed by atoms with Crippen molar-refractivity contribution in [3.8, 4) is 0 Å². The van der Waals surface area contributed by atoms with Gasteiger partial charge in [0.15, 0.2) is 0 Å². The van der Waals surface area contributed by atoms with Crippen LogP contribution < -0.4 is 5.32 Å². The Morgan fingerprint density at radius 3 is 2.57 bits per heavy atom. The molecule has 2 amide bonds. The van der Waals surface area contributed by atoms with E-state index in [0.29, 0.717) is 24.9 Å². The molecule has 0 aromatic heterocycles. The Kier molecular flexibility index (Phi) is 6.49. The highest BCUT2D eigenvalue weighted by atomic mass is 16.4. The molecule has 0 aliphatic carbocycles. The number of nitrogens with one attached hydrogen (secondary N) is 1. The number of hydrogen-bond donors (Lipinski definition) is 2. The number of carbonyl (C=O) groups is 2. The van der Waals surface area contributed by atoms with E-state index in [4.69, 9.17) is 5.11 Å². The fourth-order valence-electron chi connectivity index (χ4n) is 2.80. The molecule has 5 heteroatoms. The number of piperidine rings is 1. The fourth-order valence-corrected chi connectivity index (χ4v) is 2.80. The second-order valence-corrected chi connectivity index (χ2v) is 7.09. The Morgan fingerprint density at radius 2 is 1.95 bits per heavy atom. The van der Waals surface area contributed by atoms with Crippen molar-refractivity contribution in [2.75, 3.05) is 13.1 Å². The second kappa shape index (κ2) is 7.66. The third-order valence-electron chi connectivity index (χ3n) is 4.73. The molecule has 0 aromatic rings. The van der Waals surface area contributed by atoms with Crippen molar-refractivity contribution < 1.29 is 14.7 Å². The van der Waals surface area contributed by atoms with Gasteiger partial charge in [0.1, 0.15) is 0 Å². The number of likely N-dealkylation sites (tertiary alicyclic amines) is 1. The zero-order chi connectivity index (χ0) is 16.0. The van der Waals surface area contributed by atoms with Gasteiger partial charge in [0.05, 0.1) is 0 Å². The van der Waals surface area contributed by atoms with Crippen LogP contribution in [0, 0.1) is 11.3 Å². The van der Waals surface area contributed by atoms with Gasteiger partial charge in [-0.3, -0.25) is 4.79 Å². The van der Waals surface area contributed by atoms with Gasteiger partial charge in [-0.2, -0.15) is 0 Å². The first-order chi connectivity index (χ1) is 9.73. The number of hydrogen-bond acceptors (Lipinski definition) is 2. The van der Waals surface area contributed by atoms with Gasteiger partial charge in [-0.15, -0.1) is 0 Å². The SMILES string of the molecule is CC1CCCN(C(=O)NCCC(C)(C)CCC(=O)O)C1C. The molecule has 0 spiro atoms. The van der Waals surface area contributed by atoms with E-state index in [1.54, 1.807) is 0 Å². The zero-order valence-corrected chi connectivity index (χ0v) is 13.8. The highest BCUT2D eigenvalue weighted by Gasteiger charge is 2.28. The zero-order valence-electron chi connectivity index (χ0n) is 13.8. The lowest BCUT2D eigenvalue weighted by Crippen LogP contribution is -2.50. The molecule has 5 nitrogen and oxygen atoms in total. The molecule has 122 valence electrons. The summed E-state index contributed by atoms with van der Waals surface area (Å²) in [5, 5.41) is 11.7. The summed E-state index contributed by atoms with van der Waals surface area (Å²) < 4.78 is 0. The number of rotatable bonds is 6. The Hall–Kier alpha value is -1.26. The lowest BCUT2D eigenvalue weighted by atomic mass is 9.84. The molecule has 1 rings (SSSR count). The summed E-state index contributed by atoms with van der Waals surface area (Å²) in [4.78, 5) is 24.8. The molecular formula is C16H30N2O3. The van der Waals surface area contributed by atoms with E-state index in [2.05, 4.69) is 19.2 Å². The van der Waals surface area contributed by atoms with E-state index in [0.717, 1.165) is 19.4 Å². The maximum absolute atomic E-state index is 12.2. The van der Waals surface area contributed by atoms with Crippen molar-refractivity contribution in [3.63, 3.8) is 0 Å². The number of urea groups is 1. The van der Waals surface area contributed by atoms with Gasteiger partial charge in [0.25, 0.3) is 0 Å². The third-order valence-corrected chi connectivity index (χ3v) is 4.73. The van der Waals surface area contributed by atoms with Gasteiger partial charge >= 0.3 is 12.0 Å². The molecule has 0 radical (unpaired) electrons. The Bertz CT molecular complexity index is 369. The topological polar surface area (TPSA) is 69.6 Å². The molecule has 0 bridgehead atoms. The van der Waals surface area contributed by atoms with Crippen LogP contribution in [0.1, 0.15) is 59.8 Å². The van der Waals surface area contributed by atoms with E-state index in [1.165, 1.54) is 6.42 Å². The Labute approximate surface area is 128 Å². The standard InChI is InChI=1S/C16H30N2O3/c1-12-6-5-11-18(13(12)2)15(21)17-10-9-16(3,4)8-7-14(19)20/h12-13H,5-11H2,1-4H3,(H,17,21)(H,19,20). The maximum atomic E-state index is 12.2. The number of carboxylic acids is 1. The molecule has 1 saturated heterocycles. The van der Waals surface area contributed by atoms with Crippen LogP contribution in [0.2, 0.25) is 0 Å². The highest BCUT2D eigenvalue weighted by Crippen LogP contribution is 2.26. The van der Waals surface area contributed by atoms with Gasteiger partial charge in [0, 0.05) is 25.6 Å². The van der Waals surface area contributed by atoms with Crippen molar-refractivity contribution >= 4 is 12.0 Å². The smallest absolute Gasteiger partial charge is 0.317 e. The molecule has 2 N–H and O–H groups in total. The van der Waals surface area contributed by atoms with E-state index in [9.17, 15) is 9.59 Å². The minimum Gasteiger partial charge on any atom is -0.481 e. The quantitative estimate of drug-likeness (QED) is 0.791. The van der Waals surface area contributed by atoms with Gasteiger partial charge in [-0.25, -0.2) is 4.79 Å². The summed E-state index contributed by atoms with van der Waals surface area (Å²) in [6.07, 6.45) is 3.87. The van der Waals surface area contributed by atoms with E-state index >= 15 is 0 Å². The molecule has 21 heavy (non-hydrogen) atoms. The predicted octanol–water partition coefficient (Wildman–Crippen LogP) is 3.10. The predicted molar refractivity (Wildman–Crippen MR) is 83.2 cm³/mol. The van der Waals surface area contributed by atoms with Crippen LogP contribution in [-0.4, -0.2) is 41.1 Å². The summed E-state index contributed by atoms with van der Waals surface area (Å²) in [5.74, 6) is -0.209. The van der Waals surface area contributed by atoms with E-state index in [-0.39, 0.29) is 17.9 Å². The van der Waals surface area contributed by atoms with Crippen molar-refractivity contribution in [1.29, 1.82) is 0 Å². The number of carboxylic acid groups (broad SMARTS) is 1. The summed E-state index contributed by atoms with van der Waals surface area (Å²) in [5.41, 5.74) is -0.0630. The molecule has 2 unspecified atom stereocenters. The molecule has 1 fully saturated rings. The normalized spacial score (nSPS) is 23.0. The molecule has 0 aromatic carbocycles. The van der Waals surface area contributed by atoms with Gasteiger partial charge in [-0.1, -0.05) is 20.8 Å². The van der Waals surface area contributed by atoms with Crippen LogP contribution in [0.5, 0.6) is 0 Å². The van der Waals surface area contributed by atoms with Crippen LogP contribution in [0.3, 0.4) is 0 Å². The molecule has 1 heterocycles. The van der Waals surface area contributed by atoms with Gasteiger partial charge < -0.3 is 15.3 Å². The number of nitrogens with zero attached hydrogens (tertiary/aromatic N) is 1. The number of carbonyl (C=O) groups excluding carboxylic acids is 1. The molecular weight excluding hydrogens is 268 g/mol.